The molecule has 0 atom stereocenters. The highest BCUT2D eigenvalue weighted by molar-refractivity contribution is 7.80. The number of carbonyl (C=O) groups is 2. The number of amides is 2. The van der Waals surface area contributed by atoms with Gasteiger partial charge in [0.05, 0.1) is 11.3 Å². The zero-order valence-electron chi connectivity index (χ0n) is 22.2. The topological polar surface area (TPSA) is 79.9 Å². The molecule has 2 N–H and O–H groups in total. The minimum atomic E-state index is -0.382. The van der Waals surface area contributed by atoms with Gasteiger partial charge in [-0.15, -0.1) is 0 Å². The van der Waals surface area contributed by atoms with E-state index in [0.717, 1.165) is 17.7 Å². The van der Waals surface area contributed by atoms with Crippen molar-refractivity contribution in [2.24, 2.45) is 0 Å². The van der Waals surface area contributed by atoms with Gasteiger partial charge < -0.3 is 19.7 Å². The molecule has 0 aliphatic heterocycles. The normalized spacial score (nSPS) is 10.3. The Hall–Kier alpha value is -4.69. The monoisotopic (exact) mass is 553 g/mol. The standard InChI is InChI=1S/C32H31N3O4S/c1-35(29-18-9-8-17-28(29)31(37)33-20-19-24-11-4-2-5-12-24)32(40)34-30(36)25-13-10-16-27(23-25)39-22-21-38-26-14-6-3-7-15-26/h2-18,23H,19-22H2,1H3,(H,33,37)(H,34,36,40). The number of benzene rings is 4. The van der Waals surface area contributed by atoms with Crippen LogP contribution >= 0.6 is 12.2 Å². The summed E-state index contributed by atoms with van der Waals surface area (Å²) in [7, 11) is 1.71. The Bertz CT molecular complexity index is 1430. The number of ether oxygens (including phenoxy) is 2. The number of para-hydroxylation sites is 2. The fourth-order valence-corrected chi connectivity index (χ4v) is 4.13. The maximum Gasteiger partial charge on any atom is 0.257 e. The Morgan fingerprint density at radius 2 is 1.38 bits per heavy atom. The molecule has 0 heterocycles. The number of carbonyl (C=O) groups excluding carboxylic acids is 2. The van der Waals surface area contributed by atoms with Gasteiger partial charge in [-0.3, -0.25) is 14.9 Å². The molecule has 0 bridgehead atoms. The van der Waals surface area contributed by atoms with Crippen LogP contribution in [0, 0.1) is 0 Å². The van der Waals surface area contributed by atoms with Gasteiger partial charge in [-0.1, -0.05) is 66.7 Å². The summed E-state index contributed by atoms with van der Waals surface area (Å²) >= 11 is 5.51. The molecule has 4 aromatic rings. The van der Waals surface area contributed by atoms with Crippen LogP contribution in [0.3, 0.4) is 0 Å². The van der Waals surface area contributed by atoms with Crippen molar-refractivity contribution in [3.63, 3.8) is 0 Å². The molecule has 0 spiro atoms. The van der Waals surface area contributed by atoms with E-state index in [0.29, 0.717) is 42.3 Å². The molecule has 0 radical (unpaired) electrons. The molecule has 7 nitrogen and oxygen atoms in total. The average molecular weight is 554 g/mol. The largest absolute Gasteiger partial charge is 0.490 e. The zero-order valence-corrected chi connectivity index (χ0v) is 23.0. The Morgan fingerprint density at radius 1 is 0.750 bits per heavy atom. The van der Waals surface area contributed by atoms with E-state index in [9.17, 15) is 9.59 Å². The number of hydrogen-bond acceptors (Lipinski definition) is 5. The molecule has 8 heteroatoms. The summed E-state index contributed by atoms with van der Waals surface area (Å²) in [5.74, 6) is 0.713. The molecule has 204 valence electrons. The number of hydrogen-bond donors (Lipinski definition) is 2. The maximum absolute atomic E-state index is 13.0. The van der Waals surface area contributed by atoms with Gasteiger partial charge in [0.15, 0.2) is 5.11 Å². The van der Waals surface area contributed by atoms with Crippen LogP contribution in [0.5, 0.6) is 11.5 Å². The lowest BCUT2D eigenvalue weighted by Gasteiger charge is -2.23. The van der Waals surface area contributed by atoms with Gasteiger partial charge in [-0.2, -0.15) is 0 Å². The van der Waals surface area contributed by atoms with Gasteiger partial charge >= 0.3 is 0 Å². The molecule has 0 aliphatic rings. The summed E-state index contributed by atoms with van der Waals surface area (Å²) in [4.78, 5) is 27.5. The number of anilines is 1. The van der Waals surface area contributed by atoms with Crippen LogP contribution in [-0.4, -0.2) is 43.7 Å². The molecule has 0 aromatic heterocycles. The van der Waals surface area contributed by atoms with Crippen molar-refractivity contribution in [3.05, 3.63) is 126 Å². The molecule has 4 aromatic carbocycles. The van der Waals surface area contributed by atoms with Gasteiger partial charge in [0.1, 0.15) is 24.7 Å². The predicted octanol–water partition coefficient (Wildman–Crippen LogP) is 5.27. The highest BCUT2D eigenvalue weighted by Gasteiger charge is 2.18. The first kappa shape index (κ1) is 28.3. The van der Waals surface area contributed by atoms with E-state index in [2.05, 4.69) is 10.6 Å². The SMILES string of the molecule is CN(C(=S)NC(=O)c1cccc(OCCOc2ccccc2)c1)c1ccccc1C(=O)NCCc1ccccc1. The van der Waals surface area contributed by atoms with E-state index >= 15 is 0 Å². The van der Waals surface area contributed by atoms with E-state index in [4.69, 9.17) is 21.7 Å². The second kappa shape index (κ2) is 14.5. The van der Waals surface area contributed by atoms with Gasteiger partial charge in [0.2, 0.25) is 0 Å². The van der Waals surface area contributed by atoms with Gasteiger partial charge in [-0.05, 0) is 66.7 Å². The molecular formula is C32H31N3O4S. The smallest absolute Gasteiger partial charge is 0.257 e. The van der Waals surface area contributed by atoms with Crippen LogP contribution in [0.15, 0.2) is 109 Å². The lowest BCUT2D eigenvalue weighted by Crippen LogP contribution is -2.41. The highest BCUT2D eigenvalue weighted by Crippen LogP contribution is 2.20. The highest BCUT2D eigenvalue weighted by atomic mass is 32.1. The molecule has 0 unspecified atom stereocenters. The van der Waals surface area contributed by atoms with Crippen molar-refractivity contribution in [3.8, 4) is 11.5 Å². The lowest BCUT2D eigenvalue weighted by molar-refractivity contribution is 0.0952. The second-order valence-electron chi connectivity index (χ2n) is 8.86. The summed E-state index contributed by atoms with van der Waals surface area (Å²) in [5.41, 5.74) is 2.58. The summed E-state index contributed by atoms with van der Waals surface area (Å²) in [6.45, 7) is 1.19. The van der Waals surface area contributed by atoms with Crippen LogP contribution in [0.4, 0.5) is 5.69 Å². The Morgan fingerprint density at radius 3 is 2.12 bits per heavy atom. The number of thiocarbonyl (C=S) groups is 1. The predicted molar refractivity (Wildman–Crippen MR) is 161 cm³/mol. The molecule has 0 saturated heterocycles. The third kappa shape index (κ3) is 8.15. The zero-order chi connectivity index (χ0) is 28.2. The minimum Gasteiger partial charge on any atom is -0.490 e. The van der Waals surface area contributed by atoms with E-state index in [-0.39, 0.29) is 16.9 Å². The van der Waals surface area contributed by atoms with Crippen molar-refractivity contribution >= 4 is 34.8 Å². The molecule has 0 fully saturated rings. The molecule has 40 heavy (non-hydrogen) atoms. The van der Waals surface area contributed by atoms with E-state index in [1.807, 2.05) is 66.7 Å². The van der Waals surface area contributed by atoms with Gasteiger partial charge in [0, 0.05) is 19.2 Å². The fourth-order valence-electron chi connectivity index (χ4n) is 3.94. The fraction of sp³-hybridized carbons (Fsp3) is 0.156. The van der Waals surface area contributed by atoms with E-state index < -0.39 is 0 Å². The Kier molecular flexibility index (Phi) is 10.2. The van der Waals surface area contributed by atoms with Crippen LogP contribution in [0.25, 0.3) is 0 Å². The van der Waals surface area contributed by atoms with E-state index in [1.54, 1.807) is 54.4 Å². The third-order valence-corrected chi connectivity index (χ3v) is 6.41. The third-order valence-electron chi connectivity index (χ3n) is 6.04. The van der Waals surface area contributed by atoms with Crippen molar-refractivity contribution in [2.45, 2.75) is 6.42 Å². The first-order chi connectivity index (χ1) is 19.5. The summed E-state index contributed by atoms with van der Waals surface area (Å²) in [6.07, 6.45) is 0.724. The van der Waals surface area contributed by atoms with Crippen molar-refractivity contribution < 1.29 is 19.1 Å². The summed E-state index contributed by atoms with van der Waals surface area (Å²) in [5, 5.41) is 5.88. The van der Waals surface area contributed by atoms with E-state index in [1.165, 1.54) is 0 Å². The molecule has 0 saturated carbocycles. The number of nitrogens with zero attached hydrogens (tertiary/aromatic N) is 1. The van der Waals surface area contributed by atoms with Crippen LogP contribution in [0.1, 0.15) is 26.3 Å². The van der Waals surface area contributed by atoms with Crippen LogP contribution in [0.2, 0.25) is 0 Å². The Labute approximate surface area is 239 Å². The van der Waals surface area contributed by atoms with Crippen molar-refractivity contribution in [1.29, 1.82) is 0 Å². The summed E-state index contributed by atoms with van der Waals surface area (Å²) in [6, 6.07) is 33.4. The first-order valence-corrected chi connectivity index (χ1v) is 13.3. The van der Waals surface area contributed by atoms with Crippen molar-refractivity contribution in [1.82, 2.24) is 10.6 Å². The minimum absolute atomic E-state index is 0.164. The number of nitrogens with one attached hydrogen (secondary N) is 2. The van der Waals surface area contributed by atoms with Gasteiger partial charge in [0.25, 0.3) is 11.8 Å². The molecular weight excluding hydrogens is 522 g/mol. The van der Waals surface area contributed by atoms with Crippen LogP contribution < -0.4 is 25.0 Å². The molecule has 0 aliphatic carbocycles. The maximum atomic E-state index is 13.0. The average Bonchev–Trinajstić information content (AvgIpc) is 3.00. The summed E-state index contributed by atoms with van der Waals surface area (Å²) < 4.78 is 11.4. The lowest BCUT2D eigenvalue weighted by atomic mass is 10.1. The number of rotatable bonds is 11. The quantitative estimate of drug-likeness (QED) is 0.195. The van der Waals surface area contributed by atoms with Gasteiger partial charge in [-0.25, -0.2) is 0 Å². The van der Waals surface area contributed by atoms with Crippen LogP contribution in [-0.2, 0) is 6.42 Å². The Balaban J connectivity index is 1.31. The molecule has 4 rings (SSSR count). The first-order valence-electron chi connectivity index (χ1n) is 12.9. The van der Waals surface area contributed by atoms with Crippen molar-refractivity contribution in [2.75, 3.05) is 31.7 Å². The molecule has 2 amide bonds. The second-order valence-corrected chi connectivity index (χ2v) is 9.25.